The van der Waals surface area contributed by atoms with Gasteiger partial charge in [0.1, 0.15) is 0 Å². The summed E-state index contributed by atoms with van der Waals surface area (Å²) < 4.78 is 62.9. The molecule has 0 aromatic heterocycles. The minimum Gasteiger partial charge on any atom is -0.481 e. The molecule has 2 atom stereocenters. The summed E-state index contributed by atoms with van der Waals surface area (Å²) in [5.41, 5.74) is 0. The predicted octanol–water partition coefficient (Wildman–Crippen LogP) is 2.08. The second-order valence-electron chi connectivity index (χ2n) is 5.48. The van der Waals surface area contributed by atoms with E-state index in [2.05, 4.69) is 0 Å². The molecule has 1 saturated heterocycles. The summed E-state index contributed by atoms with van der Waals surface area (Å²) in [6, 6.07) is 7.60. The van der Waals surface area contributed by atoms with Gasteiger partial charge in [-0.25, -0.2) is 8.42 Å². The van der Waals surface area contributed by atoms with Gasteiger partial charge in [0.05, 0.1) is 22.5 Å². The second-order valence-corrected chi connectivity index (χ2v) is 7.59. The highest BCUT2D eigenvalue weighted by molar-refractivity contribution is 7.91. The van der Waals surface area contributed by atoms with Gasteiger partial charge in [0.2, 0.25) is 0 Å². The zero-order chi connectivity index (χ0) is 17.3. The van der Waals surface area contributed by atoms with E-state index < -0.39 is 40.4 Å². The Balaban J connectivity index is 0.00000288. The molecule has 24 heavy (non-hydrogen) atoms. The van der Waals surface area contributed by atoms with E-state index in [0.29, 0.717) is 0 Å². The number of benzene rings is 1. The molecule has 5 nitrogen and oxygen atoms in total. The molecule has 1 heterocycles. The van der Waals surface area contributed by atoms with E-state index in [1.807, 2.05) is 0 Å². The van der Waals surface area contributed by atoms with E-state index in [-0.39, 0.29) is 36.1 Å². The van der Waals surface area contributed by atoms with E-state index in [9.17, 15) is 26.4 Å². The second kappa shape index (κ2) is 7.71. The standard InChI is InChI=1S/C14H16F3NO4S.ClH/c15-14(16,17)12-9-18(8-11(12)13(19)20)6-7-23(21,22)10-4-2-1-3-5-10;/h1-5,11-12H,6-9H2,(H,19,20);1H/t11-,12-;/m1./s1. The normalized spacial score (nSPS) is 22.1. The first-order chi connectivity index (χ1) is 10.6. The third-order valence-corrected chi connectivity index (χ3v) is 5.62. The number of halogens is 4. The van der Waals surface area contributed by atoms with E-state index in [0.717, 1.165) is 0 Å². The van der Waals surface area contributed by atoms with Crippen molar-refractivity contribution in [2.24, 2.45) is 11.8 Å². The number of carbonyl (C=O) groups is 1. The highest BCUT2D eigenvalue weighted by Gasteiger charge is 2.52. The summed E-state index contributed by atoms with van der Waals surface area (Å²) in [4.78, 5) is 12.3. The molecule has 1 aromatic rings. The van der Waals surface area contributed by atoms with Crippen molar-refractivity contribution in [2.45, 2.75) is 11.1 Å². The minimum absolute atomic E-state index is 0. The van der Waals surface area contributed by atoms with Crippen molar-refractivity contribution < 1.29 is 31.5 Å². The lowest BCUT2D eigenvalue weighted by atomic mass is 9.96. The summed E-state index contributed by atoms with van der Waals surface area (Å²) in [7, 11) is -3.61. The zero-order valence-corrected chi connectivity index (χ0v) is 14.1. The lowest BCUT2D eigenvalue weighted by molar-refractivity contribution is -0.188. The predicted molar refractivity (Wildman–Crippen MR) is 82.9 cm³/mol. The molecule has 1 aliphatic rings. The van der Waals surface area contributed by atoms with E-state index in [4.69, 9.17) is 5.11 Å². The monoisotopic (exact) mass is 387 g/mol. The van der Waals surface area contributed by atoms with Crippen molar-refractivity contribution in [3.8, 4) is 0 Å². The number of alkyl halides is 3. The Bertz CT molecular complexity index is 666. The molecule has 0 amide bonds. The van der Waals surface area contributed by atoms with Gasteiger partial charge in [-0.15, -0.1) is 12.4 Å². The number of hydrogen-bond acceptors (Lipinski definition) is 4. The van der Waals surface area contributed by atoms with Crippen molar-refractivity contribution in [1.82, 2.24) is 4.90 Å². The number of carboxylic acids is 1. The van der Waals surface area contributed by atoms with Crippen LogP contribution in [0.1, 0.15) is 0 Å². The van der Waals surface area contributed by atoms with Crippen molar-refractivity contribution in [2.75, 3.05) is 25.4 Å². The first-order valence-electron chi connectivity index (χ1n) is 6.91. The summed E-state index contributed by atoms with van der Waals surface area (Å²) in [5, 5.41) is 8.93. The van der Waals surface area contributed by atoms with Gasteiger partial charge in [-0.3, -0.25) is 4.79 Å². The van der Waals surface area contributed by atoms with Gasteiger partial charge >= 0.3 is 12.1 Å². The van der Waals surface area contributed by atoms with Gasteiger partial charge in [-0.2, -0.15) is 13.2 Å². The molecule has 1 aliphatic heterocycles. The molecule has 1 fully saturated rings. The number of nitrogens with zero attached hydrogens (tertiary/aromatic N) is 1. The van der Waals surface area contributed by atoms with Gasteiger partial charge < -0.3 is 10.0 Å². The van der Waals surface area contributed by atoms with Crippen molar-refractivity contribution in [3.05, 3.63) is 30.3 Å². The van der Waals surface area contributed by atoms with Crippen LogP contribution < -0.4 is 0 Å². The fourth-order valence-corrected chi connectivity index (χ4v) is 3.95. The summed E-state index contributed by atoms with van der Waals surface area (Å²) in [6.07, 6.45) is -4.61. The number of hydrogen-bond donors (Lipinski definition) is 1. The highest BCUT2D eigenvalue weighted by atomic mass is 35.5. The van der Waals surface area contributed by atoms with Gasteiger partial charge in [-0.05, 0) is 12.1 Å². The average molecular weight is 388 g/mol. The molecule has 0 unspecified atom stereocenters. The fraction of sp³-hybridized carbons (Fsp3) is 0.500. The summed E-state index contributed by atoms with van der Waals surface area (Å²) >= 11 is 0. The van der Waals surface area contributed by atoms with Crippen molar-refractivity contribution in [3.63, 3.8) is 0 Å². The molecule has 136 valence electrons. The lowest BCUT2D eigenvalue weighted by Gasteiger charge is -2.18. The molecule has 0 saturated carbocycles. The van der Waals surface area contributed by atoms with E-state index in [1.165, 1.54) is 17.0 Å². The van der Waals surface area contributed by atoms with Crippen LogP contribution in [0.3, 0.4) is 0 Å². The summed E-state index contributed by atoms with van der Waals surface area (Å²) in [5.74, 6) is -5.40. The Hall–Kier alpha value is -1.32. The van der Waals surface area contributed by atoms with Crippen LogP contribution in [0.4, 0.5) is 13.2 Å². The number of likely N-dealkylation sites (tertiary alicyclic amines) is 1. The van der Waals surface area contributed by atoms with Gasteiger partial charge in [-0.1, -0.05) is 18.2 Å². The Labute approximate surface area is 143 Å². The molecule has 0 bridgehead atoms. The molecule has 1 N–H and O–H groups in total. The molecule has 2 rings (SSSR count). The van der Waals surface area contributed by atoms with Crippen LogP contribution in [0, 0.1) is 11.8 Å². The number of aliphatic carboxylic acids is 1. The maximum Gasteiger partial charge on any atom is 0.393 e. The summed E-state index contributed by atoms with van der Waals surface area (Å²) in [6.45, 7) is -0.928. The van der Waals surface area contributed by atoms with Crippen LogP contribution in [0.2, 0.25) is 0 Å². The molecule has 10 heteroatoms. The zero-order valence-electron chi connectivity index (χ0n) is 12.4. The van der Waals surface area contributed by atoms with Gasteiger partial charge in [0.15, 0.2) is 9.84 Å². The topological polar surface area (TPSA) is 74.7 Å². The third kappa shape index (κ3) is 4.84. The van der Waals surface area contributed by atoms with Gasteiger partial charge in [0, 0.05) is 19.6 Å². The number of rotatable bonds is 5. The van der Waals surface area contributed by atoms with Crippen LogP contribution in [-0.2, 0) is 14.6 Å². The van der Waals surface area contributed by atoms with E-state index >= 15 is 0 Å². The molecular formula is C14H17ClF3NO4S. The number of carboxylic acid groups (broad SMARTS) is 1. The SMILES string of the molecule is Cl.O=C(O)[C@@H]1CN(CCS(=O)(=O)c2ccccc2)C[C@H]1C(F)(F)F. The lowest BCUT2D eigenvalue weighted by Crippen LogP contribution is -2.33. The largest absolute Gasteiger partial charge is 0.481 e. The van der Waals surface area contributed by atoms with Crippen molar-refractivity contribution >= 4 is 28.2 Å². The Morgan fingerprint density at radius 2 is 1.79 bits per heavy atom. The quantitative estimate of drug-likeness (QED) is 0.837. The first kappa shape index (κ1) is 20.7. The van der Waals surface area contributed by atoms with E-state index in [1.54, 1.807) is 18.2 Å². The Morgan fingerprint density at radius 3 is 2.25 bits per heavy atom. The Morgan fingerprint density at radius 1 is 1.21 bits per heavy atom. The minimum atomic E-state index is -4.61. The fourth-order valence-electron chi connectivity index (χ4n) is 2.64. The number of sulfone groups is 1. The Kier molecular flexibility index (Phi) is 6.66. The van der Waals surface area contributed by atoms with Crippen LogP contribution in [-0.4, -0.2) is 56.0 Å². The van der Waals surface area contributed by atoms with Crippen LogP contribution in [0.25, 0.3) is 0 Å². The smallest absolute Gasteiger partial charge is 0.393 e. The van der Waals surface area contributed by atoms with Crippen molar-refractivity contribution in [1.29, 1.82) is 0 Å². The molecular weight excluding hydrogens is 371 g/mol. The maximum absolute atomic E-state index is 12.9. The molecule has 0 aliphatic carbocycles. The van der Waals surface area contributed by atoms with Crippen LogP contribution >= 0.6 is 12.4 Å². The van der Waals surface area contributed by atoms with Crippen LogP contribution in [0.5, 0.6) is 0 Å². The maximum atomic E-state index is 12.9. The third-order valence-electron chi connectivity index (χ3n) is 3.91. The van der Waals surface area contributed by atoms with Gasteiger partial charge in [0.25, 0.3) is 0 Å². The molecule has 0 radical (unpaired) electrons. The first-order valence-corrected chi connectivity index (χ1v) is 8.56. The highest BCUT2D eigenvalue weighted by Crippen LogP contribution is 2.37. The molecule has 1 aromatic carbocycles. The molecule has 0 spiro atoms. The average Bonchev–Trinajstić information content (AvgIpc) is 2.91. The van der Waals surface area contributed by atoms with Crippen LogP contribution in [0.15, 0.2) is 35.2 Å².